The molecule has 1 saturated heterocycles. The van der Waals surface area contributed by atoms with Crippen molar-refractivity contribution in [2.24, 2.45) is 10.1 Å². The van der Waals surface area contributed by atoms with Crippen LogP contribution in [0.1, 0.15) is 18.4 Å². The lowest BCUT2D eigenvalue weighted by atomic mass is 10.0. The molecule has 1 unspecified atom stereocenters. The predicted octanol–water partition coefficient (Wildman–Crippen LogP) is 3.00. The van der Waals surface area contributed by atoms with Crippen molar-refractivity contribution in [3.63, 3.8) is 0 Å². The number of aliphatic imine (C=N–C) groups is 1. The zero-order valence-electron chi connectivity index (χ0n) is 17.7. The summed E-state index contributed by atoms with van der Waals surface area (Å²) < 4.78 is 18.6. The molecule has 0 aliphatic carbocycles. The van der Waals surface area contributed by atoms with Crippen molar-refractivity contribution < 1.29 is 13.9 Å². The minimum atomic E-state index is -0.338. The quantitative estimate of drug-likeness (QED) is 0.231. The fraction of sp³-hybridized carbons (Fsp3) is 0.304. The van der Waals surface area contributed by atoms with Crippen molar-refractivity contribution in [3.05, 3.63) is 64.9 Å². The van der Waals surface area contributed by atoms with Crippen molar-refractivity contribution in [3.8, 4) is 11.9 Å². The Balaban J connectivity index is 1.51. The number of nitrogens with one attached hydrogen (secondary N) is 1. The second-order valence-electron chi connectivity index (χ2n) is 7.53. The second-order valence-corrected chi connectivity index (χ2v) is 7.96. The molecular weight excluding hydrogens is 447 g/mol. The van der Waals surface area contributed by atoms with E-state index in [1.807, 2.05) is 23.2 Å². The molecule has 1 atom stereocenters. The molecule has 1 N–H and O–H groups in total. The monoisotopic (exact) mass is 468 g/mol. The van der Waals surface area contributed by atoms with Crippen LogP contribution in [0.2, 0.25) is 5.02 Å². The maximum atomic E-state index is 13.0. The summed E-state index contributed by atoms with van der Waals surface area (Å²) in [7, 11) is 0. The van der Waals surface area contributed by atoms with Crippen LogP contribution in [0, 0.1) is 17.3 Å². The highest BCUT2D eigenvalue weighted by Gasteiger charge is 2.38. The van der Waals surface area contributed by atoms with E-state index >= 15 is 0 Å². The van der Waals surface area contributed by atoms with Gasteiger partial charge < -0.3 is 9.64 Å². The molecule has 10 heteroatoms. The molecule has 8 nitrogen and oxygen atoms in total. The third-order valence-electron chi connectivity index (χ3n) is 5.36. The number of guanidine groups is 1. The number of amides is 1. The highest BCUT2D eigenvalue weighted by Crippen LogP contribution is 2.24. The van der Waals surface area contributed by atoms with E-state index in [-0.39, 0.29) is 36.9 Å². The van der Waals surface area contributed by atoms with Gasteiger partial charge in [0, 0.05) is 23.6 Å². The Morgan fingerprint density at radius 3 is 2.70 bits per heavy atom. The first-order valence-electron chi connectivity index (χ1n) is 10.5. The number of nitrogens with zero attached hydrogens (tertiary/aromatic N) is 5. The number of hydrogen-bond donors (Lipinski definition) is 1. The molecule has 2 heterocycles. The predicted molar refractivity (Wildman–Crippen MR) is 122 cm³/mol. The smallest absolute Gasteiger partial charge is 0.228 e. The Labute approximate surface area is 195 Å². The molecule has 0 radical (unpaired) electrons. The largest absolute Gasteiger partial charge is 0.492 e. The molecule has 0 bridgehead atoms. The summed E-state index contributed by atoms with van der Waals surface area (Å²) in [6.45, 7) is 1.51. The first-order valence-corrected chi connectivity index (χ1v) is 10.9. The Hall–Kier alpha value is -3.64. The van der Waals surface area contributed by atoms with E-state index in [0.29, 0.717) is 30.3 Å². The van der Waals surface area contributed by atoms with Gasteiger partial charge in [0.15, 0.2) is 6.19 Å². The van der Waals surface area contributed by atoms with E-state index in [1.54, 1.807) is 17.1 Å². The average Bonchev–Trinajstić information content (AvgIpc) is 3.44. The second kappa shape index (κ2) is 10.3. The fourth-order valence-electron chi connectivity index (χ4n) is 3.82. The third kappa shape index (κ3) is 5.41. The lowest BCUT2D eigenvalue weighted by molar-refractivity contribution is -0.128. The van der Waals surface area contributed by atoms with Crippen LogP contribution in [-0.4, -0.2) is 59.8 Å². The summed E-state index contributed by atoms with van der Waals surface area (Å²) in [5.41, 5.74) is 1.57. The number of ether oxygens (including phenoxy) is 1. The van der Waals surface area contributed by atoms with Crippen LogP contribution in [0.5, 0.6) is 5.75 Å². The molecule has 2 aromatic carbocycles. The van der Waals surface area contributed by atoms with E-state index in [2.05, 4.69) is 10.3 Å². The minimum absolute atomic E-state index is 0.0861. The van der Waals surface area contributed by atoms with Gasteiger partial charge in [-0.2, -0.15) is 10.4 Å². The summed E-state index contributed by atoms with van der Waals surface area (Å²) in [5, 5.41) is 18.7. The molecule has 2 aromatic rings. The maximum absolute atomic E-state index is 13.0. The number of hydrogen-bond acceptors (Lipinski definition) is 5. The molecule has 4 rings (SSSR count). The molecule has 2 aliphatic heterocycles. The lowest BCUT2D eigenvalue weighted by Gasteiger charge is -2.25. The minimum Gasteiger partial charge on any atom is -0.492 e. The van der Waals surface area contributed by atoms with Crippen molar-refractivity contribution in [2.45, 2.75) is 18.9 Å². The molecule has 2 aliphatic rings. The van der Waals surface area contributed by atoms with Crippen molar-refractivity contribution in [1.82, 2.24) is 15.2 Å². The number of benzene rings is 2. The number of hydrazone groups is 1. The van der Waals surface area contributed by atoms with Crippen LogP contribution in [0.15, 0.2) is 58.6 Å². The molecule has 0 saturated carbocycles. The Kier molecular flexibility index (Phi) is 7.05. The topological polar surface area (TPSA) is 93.3 Å². The molecule has 0 spiro atoms. The maximum Gasteiger partial charge on any atom is 0.228 e. The molecule has 0 aromatic heterocycles. The van der Waals surface area contributed by atoms with E-state index in [0.717, 1.165) is 17.7 Å². The van der Waals surface area contributed by atoms with Gasteiger partial charge in [-0.1, -0.05) is 23.7 Å². The zero-order valence-corrected chi connectivity index (χ0v) is 18.5. The van der Waals surface area contributed by atoms with Crippen LogP contribution >= 0.6 is 11.6 Å². The zero-order chi connectivity index (χ0) is 23.2. The summed E-state index contributed by atoms with van der Waals surface area (Å²) in [6.07, 6.45) is 3.22. The van der Waals surface area contributed by atoms with E-state index < -0.39 is 0 Å². The van der Waals surface area contributed by atoms with E-state index in [1.165, 1.54) is 24.3 Å². The highest BCUT2D eigenvalue weighted by atomic mass is 35.5. The van der Waals surface area contributed by atoms with Gasteiger partial charge in [0.05, 0.1) is 24.8 Å². The molecule has 1 fully saturated rings. The third-order valence-corrected chi connectivity index (χ3v) is 5.62. The molecular formula is C23H22ClFN6O2. The van der Waals surface area contributed by atoms with Gasteiger partial charge in [-0.25, -0.2) is 14.4 Å². The summed E-state index contributed by atoms with van der Waals surface area (Å²) in [5.74, 6) is 0.539. The Morgan fingerprint density at radius 2 is 2.03 bits per heavy atom. The van der Waals surface area contributed by atoms with E-state index in [4.69, 9.17) is 21.4 Å². The van der Waals surface area contributed by atoms with Crippen LogP contribution in [0.25, 0.3) is 0 Å². The molecule has 33 heavy (non-hydrogen) atoms. The number of likely N-dealkylation sites (tertiary alicyclic amines) is 1. The van der Waals surface area contributed by atoms with Gasteiger partial charge >= 0.3 is 0 Å². The van der Waals surface area contributed by atoms with Gasteiger partial charge in [-0.05, 0) is 42.8 Å². The molecule has 1 amide bonds. The summed E-state index contributed by atoms with van der Waals surface area (Å²) >= 11 is 6.04. The summed E-state index contributed by atoms with van der Waals surface area (Å²) in [4.78, 5) is 18.7. The normalized spacial score (nSPS) is 18.3. The standard InChI is InChI=1S/C23H22ClFN6O2/c24-17-5-3-16(4-6-17)22-20(30-12-1-2-21(30)32)14-31(29-22)23(28-15-26)27-11-13-33-19-9-7-18(25)8-10-19/h3-10,20H,1-2,11-14H2,(H,27,28). The van der Waals surface area contributed by atoms with Crippen molar-refractivity contribution in [2.75, 3.05) is 26.2 Å². The number of halogens is 2. The Morgan fingerprint density at radius 1 is 1.27 bits per heavy atom. The van der Waals surface area contributed by atoms with Gasteiger partial charge in [0.25, 0.3) is 0 Å². The molecule has 170 valence electrons. The summed E-state index contributed by atoms with van der Waals surface area (Å²) in [6, 6.07) is 12.7. The van der Waals surface area contributed by atoms with Gasteiger partial charge in [0.2, 0.25) is 11.9 Å². The Bertz CT molecular complexity index is 1100. The fourth-order valence-corrected chi connectivity index (χ4v) is 3.94. The number of nitriles is 1. The van der Waals surface area contributed by atoms with E-state index in [9.17, 15) is 14.4 Å². The SMILES string of the molecule is N#CNC(=NCCOc1ccc(F)cc1)N1CC(N2CCCC2=O)C(c2ccc(Cl)cc2)=N1. The first kappa shape index (κ1) is 22.6. The number of rotatable bonds is 6. The average molecular weight is 469 g/mol. The highest BCUT2D eigenvalue weighted by molar-refractivity contribution is 6.30. The van der Waals surface area contributed by atoms with Crippen LogP contribution in [0.4, 0.5) is 4.39 Å². The number of carbonyl (C=O) groups is 1. The van der Waals surface area contributed by atoms with Crippen molar-refractivity contribution in [1.29, 1.82) is 5.26 Å². The van der Waals surface area contributed by atoms with Crippen molar-refractivity contribution >= 4 is 29.2 Å². The van der Waals surface area contributed by atoms with Gasteiger partial charge in [-0.15, -0.1) is 0 Å². The van der Waals surface area contributed by atoms with Gasteiger partial charge in [-0.3, -0.25) is 10.1 Å². The first-order chi connectivity index (χ1) is 16.0. The van der Waals surface area contributed by atoms with Crippen LogP contribution in [0.3, 0.4) is 0 Å². The number of carbonyl (C=O) groups excluding carboxylic acids is 1. The lowest BCUT2D eigenvalue weighted by Crippen LogP contribution is -2.45. The van der Waals surface area contributed by atoms with Crippen LogP contribution < -0.4 is 10.1 Å². The van der Waals surface area contributed by atoms with Gasteiger partial charge in [0.1, 0.15) is 18.2 Å². The van der Waals surface area contributed by atoms with Crippen LogP contribution in [-0.2, 0) is 4.79 Å².